The lowest BCUT2D eigenvalue weighted by Gasteiger charge is -2.28. The van der Waals surface area contributed by atoms with Crippen molar-refractivity contribution in [1.29, 1.82) is 0 Å². The number of aromatic nitrogens is 3. The zero-order chi connectivity index (χ0) is 22.1. The van der Waals surface area contributed by atoms with Crippen LogP contribution in [0.4, 0.5) is 0 Å². The average molecular weight is 463 g/mol. The number of halogens is 2. The molecule has 2 heterocycles. The van der Waals surface area contributed by atoms with Gasteiger partial charge < -0.3 is 5.32 Å². The molecule has 0 spiro atoms. The second-order valence-corrected chi connectivity index (χ2v) is 8.70. The van der Waals surface area contributed by atoms with Gasteiger partial charge in [0.1, 0.15) is 11.7 Å². The van der Waals surface area contributed by atoms with Gasteiger partial charge in [0, 0.05) is 39.8 Å². The van der Waals surface area contributed by atoms with Gasteiger partial charge in [0.15, 0.2) is 5.15 Å². The Morgan fingerprint density at radius 2 is 1.78 bits per heavy atom. The first-order valence-electron chi connectivity index (χ1n) is 10.5. The Labute approximate surface area is 195 Å². The van der Waals surface area contributed by atoms with E-state index in [4.69, 9.17) is 28.2 Å². The van der Waals surface area contributed by atoms with Crippen LogP contribution in [0.25, 0.3) is 22.2 Å². The fourth-order valence-electron chi connectivity index (χ4n) is 3.90. The van der Waals surface area contributed by atoms with Gasteiger partial charge in [0.05, 0.1) is 11.2 Å². The monoisotopic (exact) mass is 462 g/mol. The highest BCUT2D eigenvalue weighted by Crippen LogP contribution is 2.35. The number of carbonyl (C=O) groups is 1. The number of rotatable bonds is 5. The Morgan fingerprint density at radius 3 is 2.50 bits per heavy atom. The molecule has 32 heavy (non-hydrogen) atoms. The van der Waals surface area contributed by atoms with E-state index in [1.807, 2.05) is 54.6 Å². The Balaban J connectivity index is 1.61. The normalized spacial score (nSPS) is 14.7. The minimum Gasteiger partial charge on any atom is -0.343 e. The average Bonchev–Trinajstić information content (AvgIpc) is 2.77. The molecule has 1 aliphatic rings. The van der Waals surface area contributed by atoms with Gasteiger partial charge in [-0.1, -0.05) is 66.0 Å². The number of hydrogen-bond acceptors (Lipinski definition) is 4. The summed E-state index contributed by atoms with van der Waals surface area (Å²) in [5.41, 5.74) is 3.81. The second kappa shape index (κ2) is 8.85. The van der Waals surface area contributed by atoms with Crippen LogP contribution in [-0.4, -0.2) is 20.9 Å². The molecule has 1 amide bonds. The highest BCUT2D eigenvalue weighted by molar-refractivity contribution is 6.32. The largest absolute Gasteiger partial charge is 0.343 e. The van der Waals surface area contributed by atoms with Crippen LogP contribution in [0.3, 0.4) is 0 Å². The lowest BCUT2D eigenvalue weighted by molar-refractivity contribution is -0.127. The van der Waals surface area contributed by atoms with E-state index >= 15 is 0 Å². The molecule has 0 bridgehead atoms. The molecule has 1 saturated carbocycles. The molecule has 5 nitrogen and oxygen atoms in total. The van der Waals surface area contributed by atoms with Crippen LogP contribution in [-0.2, 0) is 4.79 Å². The quantitative estimate of drug-likeness (QED) is 0.394. The summed E-state index contributed by atoms with van der Waals surface area (Å²) in [6, 6.07) is 17.1. The molecule has 1 aliphatic carbocycles. The van der Waals surface area contributed by atoms with Crippen LogP contribution < -0.4 is 5.32 Å². The van der Waals surface area contributed by atoms with Gasteiger partial charge in [-0.15, -0.1) is 0 Å². The predicted octanol–water partition coefficient (Wildman–Crippen LogP) is 6.00. The summed E-state index contributed by atoms with van der Waals surface area (Å²) in [4.78, 5) is 26.3. The lowest BCUT2D eigenvalue weighted by atomic mass is 9.84. The number of amides is 1. The molecule has 7 heteroatoms. The minimum atomic E-state index is -0.622. The summed E-state index contributed by atoms with van der Waals surface area (Å²) in [6.07, 6.45) is 5.93. The summed E-state index contributed by atoms with van der Waals surface area (Å²) >= 11 is 13.1. The van der Waals surface area contributed by atoms with Crippen LogP contribution in [0.2, 0.25) is 10.2 Å². The SMILES string of the molecule is O=C(NC(c1cc2nc(-c3ccccc3)ccc2cc1Cl)c1nccnc1Cl)C1CCC1. The van der Waals surface area contributed by atoms with Gasteiger partial charge in [-0.2, -0.15) is 0 Å². The topological polar surface area (TPSA) is 67.8 Å². The zero-order valence-corrected chi connectivity index (χ0v) is 18.6. The van der Waals surface area contributed by atoms with E-state index in [0.29, 0.717) is 16.3 Å². The summed E-state index contributed by atoms with van der Waals surface area (Å²) < 4.78 is 0. The number of pyridine rings is 1. The minimum absolute atomic E-state index is 0.00925. The van der Waals surface area contributed by atoms with Crippen molar-refractivity contribution in [2.24, 2.45) is 5.92 Å². The molecular formula is C25H20Cl2N4O. The molecule has 1 unspecified atom stereocenters. The fourth-order valence-corrected chi connectivity index (χ4v) is 4.40. The Hall–Kier alpha value is -3.02. The smallest absolute Gasteiger partial charge is 0.223 e. The molecule has 0 radical (unpaired) electrons. The first-order chi connectivity index (χ1) is 15.6. The fraction of sp³-hybridized carbons (Fsp3) is 0.200. The van der Waals surface area contributed by atoms with Crippen LogP contribution >= 0.6 is 23.2 Å². The maximum Gasteiger partial charge on any atom is 0.223 e. The van der Waals surface area contributed by atoms with Crippen LogP contribution in [0.5, 0.6) is 0 Å². The molecule has 2 aromatic carbocycles. The number of nitrogens with one attached hydrogen (secondary N) is 1. The molecule has 1 N–H and O–H groups in total. The van der Waals surface area contributed by atoms with Crippen molar-refractivity contribution < 1.29 is 4.79 Å². The Morgan fingerprint density at radius 1 is 1.00 bits per heavy atom. The van der Waals surface area contributed by atoms with Crippen molar-refractivity contribution in [2.45, 2.75) is 25.3 Å². The van der Waals surface area contributed by atoms with E-state index in [2.05, 4.69) is 15.3 Å². The van der Waals surface area contributed by atoms with Crippen molar-refractivity contribution in [3.63, 3.8) is 0 Å². The van der Waals surface area contributed by atoms with E-state index in [-0.39, 0.29) is 17.0 Å². The Kier molecular flexibility index (Phi) is 5.77. The third-order valence-corrected chi connectivity index (χ3v) is 6.52. The van der Waals surface area contributed by atoms with Crippen molar-refractivity contribution in [1.82, 2.24) is 20.3 Å². The standard InChI is InChI=1S/C25H20Cl2N4O/c26-19-13-17-9-10-20(15-5-2-1-3-6-15)30-21(17)14-18(19)22(23-24(27)29-12-11-28-23)31-25(32)16-7-4-8-16/h1-3,5-6,9-14,16,22H,4,7-8H2,(H,31,32). The maximum atomic E-state index is 12.8. The molecule has 0 saturated heterocycles. The van der Waals surface area contributed by atoms with E-state index in [0.717, 1.165) is 41.4 Å². The highest BCUT2D eigenvalue weighted by atomic mass is 35.5. The number of benzene rings is 2. The third-order valence-electron chi connectivity index (χ3n) is 5.90. The van der Waals surface area contributed by atoms with Crippen molar-refractivity contribution in [2.75, 3.05) is 0 Å². The van der Waals surface area contributed by atoms with Gasteiger partial charge in [-0.05, 0) is 31.0 Å². The molecular weight excluding hydrogens is 443 g/mol. The van der Waals surface area contributed by atoms with Crippen molar-refractivity contribution in [3.05, 3.63) is 88.4 Å². The summed E-state index contributed by atoms with van der Waals surface area (Å²) in [6.45, 7) is 0. The molecule has 2 aromatic heterocycles. The van der Waals surface area contributed by atoms with Crippen LogP contribution in [0.1, 0.15) is 36.6 Å². The van der Waals surface area contributed by atoms with Gasteiger partial charge in [-0.25, -0.2) is 9.97 Å². The van der Waals surface area contributed by atoms with Gasteiger partial charge >= 0.3 is 0 Å². The van der Waals surface area contributed by atoms with Gasteiger partial charge in [0.25, 0.3) is 0 Å². The molecule has 0 aliphatic heterocycles. The summed E-state index contributed by atoms with van der Waals surface area (Å²) in [5, 5.41) is 4.75. The molecule has 4 aromatic rings. The third kappa shape index (κ3) is 4.06. The summed E-state index contributed by atoms with van der Waals surface area (Å²) in [7, 11) is 0. The molecule has 1 fully saturated rings. The number of carbonyl (C=O) groups excluding carboxylic acids is 1. The van der Waals surface area contributed by atoms with Gasteiger partial charge in [0.2, 0.25) is 5.91 Å². The second-order valence-electron chi connectivity index (χ2n) is 7.93. The highest BCUT2D eigenvalue weighted by Gasteiger charge is 2.30. The van der Waals surface area contributed by atoms with E-state index in [1.165, 1.54) is 6.20 Å². The Bertz CT molecular complexity index is 1290. The maximum absolute atomic E-state index is 12.8. The van der Waals surface area contributed by atoms with E-state index in [1.54, 1.807) is 6.20 Å². The van der Waals surface area contributed by atoms with Crippen LogP contribution in [0.15, 0.2) is 67.0 Å². The first kappa shape index (κ1) is 20.9. The first-order valence-corrected chi connectivity index (χ1v) is 11.3. The van der Waals surface area contributed by atoms with Crippen molar-refractivity contribution in [3.8, 4) is 11.3 Å². The van der Waals surface area contributed by atoms with Crippen molar-refractivity contribution >= 4 is 40.0 Å². The summed E-state index contributed by atoms with van der Waals surface area (Å²) in [5.74, 6) is -0.0138. The zero-order valence-electron chi connectivity index (χ0n) is 17.1. The van der Waals surface area contributed by atoms with Crippen LogP contribution in [0, 0.1) is 5.92 Å². The number of hydrogen-bond donors (Lipinski definition) is 1. The predicted molar refractivity (Wildman–Crippen MR) is 127 cm³/mol. The molecule has 160 valence electrons. The van der Waals surface area contributed by atoms with Gasteiger partial charge in [-0.3, -0.25) is 9.78 Å². The molecule has 5 rings (SSSR count). The molecule has 1 atom stereocenters. The lowest BCUT2D eigenvalue weighted by Crippen LogP contribution is -2.38. The van der Waals surface area contributed by atoms with E-state index in [9.17, 15) is 4.79 Å². The number of fused-ring (bicyclic) bond motifs is 1. The van der Waals surface area contributed by atoms with E-state index < -0.39 is 6.04 Å². The number of nitrogens with zero attached hydrogens (tertiary/aromatic N) is 3.